The highest BCUT2D eigenvalue weighted by atomic mass is 32.1. The molecular weight excluding hydrogens is 498 g/mol. The van der Waals surface area contributed by atoms with E-state index in [0.29, 0.717) is 12.5 Å². The number of nitrogens with zero attached hydrogens (tertiary/aromatic N) is 5. The van der Waals surface area contributed by atoms with Crippen LogP contribution in [0.2, 0.25) is 0 Å². The first-order chi connectivity index (χ1) is 18.1. The second-order valence-corrected chi connectivity index (χ2v) is 12.0. The number of carbonyl (C=O) groups is 1. The number of carbonyl (C=O) groups excluding carboxylic acids is 1. The van der Waals surface area contributed by atoms with Crippen molar-refractivity contribution in [1.82, 2.24) is 24.6 Å². The van der Waals surface area contributed by atoms with Crippen molar-refractivity contribution in [1.29, 1.82) is 0 Å². The Bertz CT molecular complexity index is 1460. The fourth-order valence-electron chi connectivity index (χ4n) is 4.80. The van der Waals surface area contributed by atoms with Crippen LogP contribution >= 0.6 is 11.3 Å². The number of fused-ring (bicyclic) bond motifs is 1. The van der Waals surface area contributed by atoms with Gasteiger partial charge >= 0.3 is 6.09 Å². The first-order valence-corrected chi connectivity index (χ1v) is 13.8. The van der Waals surface area contributed by atoms with Gasteiger partial charge in [0.2, 0.25) is 0 Å². The van der Waals surface area contributed by atoms with Gasteiger partial charge in [-0.05, 0) is 63.5 Å². The lowest BCUT2D eigenvalue weighted by Crippen LogP contribution is -2.34. The minimum atomic E-state index is -0.552. The molecule has 8 nitrogen and oxygen atoms in total. The highest BCUT2D eigenvalue weighted by Crippen LogP contribution is 2.40. The van der Waals surface area contributed by atoms with Gasteiger partial charge in [-0.25, -0.2) is 9.78 Å². The maximum Gasteiger partial charge on any atom is 0.410 e. The van der Waals surface area contributed by atoms with Crippen LogP contribution in [0, 0.1) is 6.92 Å². The number of ether oxygens (including phenoxy) is 2. The van der Waals surface area contributed by atoms with E-state index in [4.69, 9.17) is 14.5 Å². The highest BCUT2D eigenvalue weighted by Gasteiger charge is 2.27. The average Bonchev–Trinajstić information content (AvgIpc) is 3.45. The third-order valence-electron chi connectivity index (χ3n) is 6.95. The molecule has 5 rings (SSSR count). The standard InChI is InChI=1S/C29H35N5O3S/c1-18-23(16-31-34(18)6)20-7-8-22-21(13-20)14-30-15-24(22)27-32-25(17-33(5)28(35)37-29(2,3)4)26(38-27)19-9-11-36-12-10-19/h7-8,13-16,19H,9-12,17H2,1-6H3. The van der Waals surface area contributed by atoms with Gasteiger partial charge in [-0.15, -0.1) is 11.3 Å². The zero-order valence-electron chi connectivity index (χ0n) is 22.9. The normalized spacial score (nSPS) is 14.7. The Morgan fingerprint density at radius 3 is 2.63 bits per heavy atom. The molecule has 0 atom stereocenters. The summed E-state index contributed by atoms with van der Waals surface area (Å²) in [7, 11) is 3.72. The van der Waals surface area contributed by atoms with Crippen molar-refractivity contribution in [2.45, 2.75) is 58.6 Å². The van der Waals surface area contributed by atoms with Gasteiger partial charge in [0.25, 0.3) is 0 Å². The summed E-state index contributed by atoms with van der Waals surface area (Å²) in [6.45, 7) is 9.58. The van der Waals surface area contributed by atoms with Crippen LogP contribution < -0.4 is 0 Å². The third kappa shape index (κ3) is 5.44. The van der Waals surface area contributed by atoms with Crippen LogP contribution in [0.15, 0.2) is 36.8 Å². The molecule has 1 aliphatic heterocycles. The van der Waals surface area contributed by atoms with Crippen LogP contribution in [-0.4, -0.2) is 56.6 Å². The lowest BCUT2D eigenvalue weighted by molar-refractivity contribution is 0.0282. The summed E-state index contributed by atoms with van der Waals surface area (Å²) in [5.74, 6) is 0.361. The van der Waals surface area contributed by atoms with E-state index in [0.717, 1.165) is 69.9 Å². The Morgan fingerprint density at radius 1 is 1.18 bits per heavy atom. The molecule has 4 aromatic rings. The molecule has 0 saturated carbocycles. The van der Waals surface area contributed by atoms with Crippen molar-refractivity contribution in [3.63, 3.8) is 0 Å². The monoisotopic (exact) mass is 533 g/mol. The predicted octanol–water partition coefficient (Wildman–Crippen LogP) is 6.33. The molecule has 0 N–H and O–H groups in total. The van der Waals surface area contributed by atoms with Gasteiger partial charge in [-0.3, -0.25) is 9.67 Å². The average molecular weight is 534 g/mol. The summed E-state index contributed by atoms with van der Waals surface area (Å²) in [5.41, 5.74) is 4.72. The number of rotatable bonds is 5. The van der Waals surface area contributed by atoms with Gasteiger partial charge < -0.3 is 14.4 Å². The molecule has 0 radical (unpaired) electrons. The zero-order valence-corrected chi connectivity index (χ0v) is 23.8. The van der Waals surface area contributed by atoms with E-state index in [1.54, 1.807) is 23.3 Å². The molecular formula is C29H35N5O3S. The summed E-state index contributed by atoms with van der Waals surface area (Å²) in [4.78, 5) is 25.2. The quantitative estimate of drug-likeness (QED) is 0.298. The Hall–Kier alpha value is -3.30. The number of pyridine rings is 1. The van der Waals surface area contributed by atoms with E-state index in [1.165, 1.54) is 4.88 Å². The van der Waals surface area contributed by atoms with Crippen molar-refractivity contribution in [2.75, 3.05) is 20.3 Å². The van der Waals surface area contributed by atoms with E-state index in [1.807, 2.05) is 51.1 Å². The first kappa shape index (κ1) is 26.3. The number of thiazole rings is 1. The molecule has 0 spiro atoms. The van der Waals surface area contributed by atoms with Crippen molar-refractivity contribution < 1.29 is 14.3 Å². The van der Waals surface area contributed by atoms with Gasteiger partial charge in [-0.1, -0.05) is 12.1 Å². The Labute approximate surface area is 227 Å². The predicted molar refractivity (Wildman–Crippen MR) is 150 cm³/mol. The van der Waals surface area contributed by atoms with E-state index >= 15 is 0 Å². The smallest absolute Gasteiger partial charge is 0.410 e. The first-order valence-electron chi connectivity index (χ1n) is 13.0. The minimum absolute atomic E-state index is 0.352. The molecule has 38 heavy (non-hydrogen) atoms. The van der Waals surface area contributed by atoms with E-state index in [-0.39, 0.29) is 6.09 Å². The Kier molecular flexibility index (Phi) is 7.24. The number of amides is 1. The summed E-state index contributed by atoms with van der Waals surface area (Å²) >= 11 is 1.71. The summed E-state index contributed by atoms with van der Waals surface area (Å²) in [6, 6.07) is 6.45. The lowest BCUT2D eigenvalue weighted by atomic mass is 9.97. The van der Waals surface area contributed by atoms with E-state index < -0.39 is 5.60 Å². The summed E-state index contributed by atoms with van der Waals surface area (Å²) in [6.07, 6.45) is 7.25. The molecule has 1 amide bonds. The van der Waals surface area contributed by atoms with Crippen LogP contribution in [0.1, 0.15) is 55.8 Å². The Morgan fingerprint density at radius 2 is 1.95 bits per heavy atom. The molecule has 1 saturated heterocycles. The van der Waals surface area contributed by atoms with Gasteiger partial charge in [0.1, 0.15) is 10.6 Å². The molecule has 0 aliphatic carbocycles. The molecule has 0 bridgehead atoms. The molecule has 1 fully saturated rings. The number of hydrogen-bond donors (Lipinski definition) is 0. The molecule has 9 heteroatoms. The molecule has 200 valence electrons. The maximum atomic E-state index is 12.7. The SMILES string of the molecule is Cc1c(-c2ccc3c(-c4nc(CN(C)C(=O)OC(C)(C)C)c(C5CCOCC5)s4)cncc3c2)cnn1C. The Balaban J connectivity index is 1.52. The summed E-state index contributed by atoms with van der Waals surface area (Å²) in [5, 5.41) is 7.47. The summed E-state index contributed by atoms with van der Waals surface area (Å²) < 4.78 is 13.1. The number of hydrogen-bond acceptors (Lipinski definition) is 7. The third-order valence-corrected chi connectivity index (χ3v) is 8.24. The molecule has 1 aliphatic rings. The van der Waals surface area contributed by atoms with Crippen LogP contribution in [0.25, 0.3) is 32.5 Å². The lowest BCUT2D eigenvalue weighted by Gasteiger charge is -2.25. The second-order valence-electron chi connectivity index (χ2n) is 10.9. The van der Waals surface area contributed by atoms with Crippen LogP contribution in [0.5, 0.6) is 0 Å². The fourth-order valence-corrected chi connectivity index (χ4v) is 6.06. The van der Waals surface area contributed by atoms with Crippen molar-refractivity contribution >= 4 is 28.2 Å². The van der Waals surface area contributed by atoms with Gasteiger partial charge in [0.05, 0.1) is 18.4 Å². The number of aromatic nitrogens is 4. The van der Waals surface area contributed by atoms with Gasteiger partial charge in [0.15, 0.2) is 0 Å². The number of aryl methyl sites for hydroxylation is 1. The van der Waals surface area contributed by atoms with E-state index in [2.05, 4.69) is 35.2 Å². The van der Waals surface area contributed by atoms with Gasteiger partial charge in [0, 0.05) is 66.8 Å². The van der Waals surface area contributed by atoms with Crippen molar-refractivity contribution in [2.24, 2.45) is 7.05 Å². The number of benzene rings is 1. The van der Waals surface area contributed by atoms with E-state index in [9.17, 15) is 4.79 Å². The van der Waals surface area contributed by atoms with Crippen LogP contribution in [0.3, 0.4) is 0 Å². The second kappa shape index (κ2) is 10.5. The molecule has 0 unspecified atom stereocenters. The molecule has 4 heterocycles. The molecule has 1 aromatic carbocycles. The van der Waals surface area contributed by atoms with Crippen molar-refractivity contribution in [3.05, 3.63) is 53.1 Å². The maximum absolute atomic E-state index is 12.7. The fraction of sp³-hybridized carbons (Fsp3) is 0.448. The topological polar surface area (TPSA) is 82.4 Å². The van der Waals surface area contributed by atoms with Crippen molar-refractivity contribution in [3.8, 4) is 21.7 Å². The zero-order chi connectivity index (χ0) is 27.0. The molecule has 3 aromatic heterocycles. The van der Waals surface area contributed by atoms with Crippen LogP contribution in [-0.2, 0) is 23.1 Å². The highest BCUT2D eigenvalue weighted by molar-refractivity contribution is 7.15. The minimum Gasteiger partial charge on any atom is -0.444 e. The largest absolute Gasteiger partial charge is 0.444 e. The van der Waals surface area contributed by atoms with Crippen LogP contribution in [0.4, 0.5) is 4.79 Å². The van der Waals surface area contributed by atoms with Gasteiger partial charge in [-0.2, -0.15) is 5.10 Å².